The quantitative estimate of drug-likeness (QED) is 0.240. The van der Waals surface area contributed by atoms with Crippen LogP contribution in [-0.4, -0.2) is 9.13 Å². The van der Waals surface area contributed by atoms with Crippen molar-refractivity contribution in [2.75, 3.05) is 0 Å². The first-order valence-electron chi connectivity index (χ1n) is 13.5. The van der Waals surface area contributed by atoms with E-state index in [2.05, 4.69) is 124 Å². The first kappa shape index (κ1) is 20.8. The predicted octanol–water partition coefficient (Wildman–Crippen LogP) is 9.67. The molecule has 2 heteroatoms. The lowest BCUT2D eigenvalue weighted by Crippen LogP contribution is -2.03. The SMILES string of the molecule is c1ccc(-n2c3ccccc3c3ccc(-c4ccc5c(c4)c4ccccc4n5C4CCCC4)cc32)cc1. The molecular weight excluding hydrogens is 448 g/mol. The summed E-state index contributed by atoms with van der Waals surface area (Å²) in [6.45, 7) is 0. The molecule has 5 aromatic carbocycles. The number of hydrogen-bond acceptors (Lipinski definition) is 0. The molecule has 0 unspecified atom stereocenters. The molecule has 7 aromatic rings. The molecule has 1 fully saturated rings. The van der Waals surface area contributed by atoms with Gasteiger partial charge in [0.05, 0.1) is 11.0 Å². The first-order valence-corrected chi connectivity index (χ1v) is 13.5. The fraction of sp³-hybridized carbons (Fsp3) is 0.143. The number of hydrogen-bond donors (Lipinski definition) is 0. The topological polar surface area (TPSA) is 9.86 Å². The van der Waals surface area contributed by atoms with Crippen molar-refractivity contribution in [2.45, 2.75) is 31.7 Å². The Morgan fingerprint density at radius 2 is 1.05 bits per heavy atom. The van der Waals surface area contributed by atoms with Gasteiger partial charge >= 0.3 is 0 Å². The van der Waals surface area contributed by atoms with Crippen LogP contribution in [0.4, 0.5) is 0 Å². The molecule has 0 radical (unpaired) electrons. The highest BCUT2D eigenvalue weighted by Crippen LogP contribution is 2.40. The van der Waals surface area contributed by atoms with Gasteiger partial charge in [0.2, 0.25) is 0 Å². The summed E-state index contributed by atoms with van der Waals surface area (Å²) in [6.07, 6.45) is 5.25. The molecule has 0 aliphatic heterocycles. The number of nitrogens with zero attached hydrogens (tertiary/aromatic N) is 2. The summed E-state index contributed by atoms with van der Waals surface area (Å²) in [6, 6.07) is 43.1. The Kier molecular flexibility index (Phi) is 4.57. The van der Waals surface area contributed by atoms with Crippen molar-refractivity contribution in [1.82, 2.24) is 9.13 Å². The number of aromatic nitrogens is 2. The van der Waals surface area contributed by atoms with Crippen molar-refractivity contribution in [3.63, 3.8) is 0 Å². The molecule has 2 heterocycles. The summed E-state index contributed by atoms with van der Waals surface area (Å²) in [7, 11) is 0. The van der Waals surface area contributed by atoms with Gasteiger partial charge in [-0.2, -0.15) is 0 Å². The lowest BCUT2D eigenvalue weighted by Gasteiger charge is -2.15. The van der Waals surface area contributed by atoms with Gasteiger partial charge in [-0.3, -0.25) is 0 Å². The maximum Gasteiger partial charge on any atom is 0.0547 e. The van der Waals surface area contributed by atoms with E-state index in [1.807, 2.05) is 0 Å². The van der Waals surface area contributed by atoms with Gasteiger partial charge < -0.3 is 9.13 Å². The van der Waals surface area contributed by atoms with Gasteiger partial charge in [-0.1, -0.05) is 85.6 Å². The van der Waals surface area contributed by atoms with Gasteiger partial charge in [-0.25, -0.2) is 0 Å². The zero-order valence-corrected chi connectivity index (χ0v) is 20.8. The second kappa shape index (κ2) is 8.11. The molecule has 0 spiro atoms. The van der Waals surface area contributed by atoms with Crippen LogP contribution in [0, 0.1) is 0 Å². The van der Waals surface area contributed by atoms with Crippen LogP contribution in [0.25, 0.3) is 60.4 Å². The van der Waals surface area contributed by atoms with Crippen LogP contribution in [0.5, 0.6) is 0 Å². The van der Waals surface area contributed by atoms with Gasteiger partial charge in [0.15, 0.2) is 0 Å². The van der Waals surface area contributed by atoms with Crippen molar-refractivity contribution in [2.24, 2.45) is 0 Å². The molecule has 37 heavy (non-hydrogen) atoms. The summed E-state index contributed by atoms with van der Waals surface area (Å²) in [5.74, 6) is 0. The monoisotopic (exact) mass is 476 g/mol. The summed E-state index contributed by atoms with van der Waals surface area (Å²) in [4.78, 5) is 0. The zero-order valence-electron chi connectivity index (χ0n) is 20.8. The molecule has 2 aromatic heterocycles. The maximum absolute atomic E-state index is 2.62. The van der Waals surface area contributed by atoms with E-state index in [1.165, 1.54) is 86.1 Å². The smallest absolute Gasteiger partial charge is 0.0547 e. The fourth-order valence-corrected chi connectivity index (χ4v) is 6.74. The highest BCUT2D eigenvalue weighted by Gasteiger charge is 2.22. The van der Waals surface area contributed by atoms with E-state index in [0.29, 0.717) is 6.04 Å². The molecule has 1 saturated carbocycles. The van der Waals surface area contributed by atoms with E-state index >= 15 is 0 Å². The van der Waals surface area contributed by atoms with E-state index in [1.54, 1.807) is 0 Å². The van der Waals surface area contributed by atoms with Gasteiger partial charge in [0.25, 0.3) is 0 Å². The van der Waals surface area contributed by atoms with Crippen molar-refractivity contribution in [1.29, 1.82) is 0 Å². The van der Waals surface area contributed by atoms with Crippen LogP contribution >= 0.6 is 0 Å². The summed E-state index contributed by atoms with van der Waals surface area (Å²) < 4.78 is 5.02. The van der Waals surface area contributed by atoms with Gasteiger partial charge in [0.1, 0.15) is 0 Å². The second-order valence-electron chi connectivity index (χ2n) is 10.5. The van der Waals surface area contributed by atoms with E-state index in [9.17, 15) is 0 Å². The Morgan fingerprint density at radius 1 is 0.459 bits per heavy atom. The molecule has 2 nitrogen and oxygen atoms in total. The fourth-order valence-electron chi connectivity index (χ4n) is 6.74. The van der Waals surface area contributed by atoms with Crippen LogP contribution in [0.3, 0.4) is 0 Å². The van der Waals surface area contributed by atoms with Crippen LogP contribution < -0.4 is 0 Å². The van der Waals surface area contributed by atoms with E-state index < -0.39 is 0 Å². The molecular formula is C35H28N2. The van der Waals surface area contributed by atoms with E-state index in [4.69, 9.17) is 0 Å². The minimum atomic E-state index is 0.617. The summed E-state index contributed by atoms with van der Waals surface area (Å²) >= 11 is 0. The molecule has 178 valence electrons. The van der Waals surface area contributed by atoms with Crippen molar-refractivity contribution in [3.05, 3.63) is 115 Å². The van der Waals surface area contributed by atoms with Gasteiger partial charge in [-0.05, 0) is 66.4 Å². The largest absolute Gasteiger partial charge is 0.337 e. The summed E-state index contributed by atoms with van der Waals surface area (Å²) in [5, 5.41) is 5.32. The number of benzene rings is 5. The van der Waals surface area contributed by atoms with Gasteiger partial charge in [-0.15, -0.1) is 0 Å². The average molecular weight is 477 g/mol. The second-order valence-corrected chi connectivity index (χ2v) is 10.5. The minimum Gasteiger partial charge on any atom is -0.337 e. The highest BCUT2D eigenvalue weighted by molar-refractivity contribution is 6.12. The third kappa shape index (κ3) is 3.12. The third-order valence-electron chi connectivity index (χ3n) is 8.42. The van der Waals surface area contributed by atoms with Crippen molar-refractivity contribution < 1.29 is 0 Å². The van der Waals surface area contributed by atoms with E-state index in [-0.39, 0.29) is 0 Å². The first-order chi connectivity index (χ1) is 18.4. The molecule has 0 amide bonds. The van der Waals surface area contributed by atoms with Crippen LogP contribution in [0.1, 0.15) is 31.7 Å². The number of para-hydroxylation sites is 3. The molecule has 8 rings (SSSR count). The van der Waals surface area contributed by atoms with Crippen molar-refractivity contribution in [3.8, 4) is 16.8 Å². The molecule has 0 saturated heterocycles. The maximum atomic E-state index is 2.62. The van der Waals surface area contributed by atoms with Crippen LogP contribution in [-0.2, 0) is 0 Å². The van der Waals surface area contributed by atoms with E-state index in [0.717, 1.165) is 0 Å². The molecule has 1 aliphatic rings. The highest BCUT2D eigenvalue weighted by atomic mass is 15.0. The Balaban J connectivity index is 1.36. The normalized spacial score (nSPS) is 14.5. The van der Waals surface area contributed by atoms with Crippen molar-refractivity contribution >= 4 is 43.6 Å². The predicted molar refractivity (Wildman–Crippen MR) is 157 cm³/mol. The third-order valence-corrected chi connectivity index (χ3v) is 8.42. The minimum absolute atomic E-state index is 0.617. The molecule has 1 aliphatic carbocycles. The van der Waals surface area contributed by atoms with Crippen LogP contribution in [0.15, 0.2) is 115 Å². The Labute approximate surface area is 216 Å². The van der Waals surface area contributed by atoms with Crippen LogP contribution in [0.2, 0.25) is 0 Å². The van der Waals surface area contributed by atoms with Gasteiger partial charge in [0, 0.05) is 44.3 Å². The standard InChI is InChI=1S/C35H28N2/c1-2-10-27(11-3-1)37-32-16-8-6-14-28(32)30-20-18-25(23-35(30)37)24-19-21-34-31(22-24)29-15-7-9-17-33(29)36(34)26-12-4-5-13-26/h1-3,6-11,14-23,26H,4-5,12-13H2. The lowest BCUT2D eigenvalue weighted by molar-refractivity contribution is 0.550. The molecule has 0 bridgehead atoms. The molecule has 0 N–H and O–H groups in total. The lowest BCUT2D eigenvalue weighted by atomic mass is 10.0. The zero-order chi connectivity index (χ0) is 24.3. The summed E-state index contributed by atoms with van der Waals surface area (Å²) in [5.41, 5.74) is 8.97. The average Bonchev–Trinajstić information content (AvgIpc) is 3.68. The molecule has 0 atom stereocenters. The number of fused-ring (bicyclic) bond motifs is 6. The Bertz CT molecular complexity index is 1930. The Morgan fingerprint density at radius 3 is 1.86 bits per heavy atom. The Hall–Kier alpha value is -4.30. The number of rotatable bonds is 3.